The van der Waals surface area contributed by atoms with Crippen molar-refractivity contribution in [3.05, 3.63) is 24.3 Å². The third kappa shape index (κ3) is 3.05. The van der Waals surface area contributed by atoms with Crippen molar-refractivity contribution in [3.63, 3.8) is 0 Å². The smallest absolute Gasteiger partial charge is 0.247 e. The Hall–Kier alpha value is -2.04. The molecule has 1 heterocycles. The third-order valence-electron chi connectivity index (χ3n) is 2.91. The molecule has 0 bridgehead atoms. The summed E-state index contributed by atoms with van der Waals surface area (Å²) < 4.78 is 5.54. The molecule has 0 unspecified atom stereocenters. The Morgan fingerprint density at radius 1 is 1.05 bits per heavy atom. The van der Waals surface area contributed by atoms with E-state index in [4.69, 9.17) is 4.74 Å². The number of hydrogen-bond donors (Lipinski definition) is 0. The van der Waals surface area contributed by atoms with Gasteiger partial charge in [0.2, 0.25) is 11.8 Å². The molecular formula is C14H18N2O3. The van der Waals surface area contributed by atoms with Crippen LogP contribution in [0.3, 0.4) is 0 Å². The van der Waals surface area contributed by atoms with Gasteiger partial charge in [0.15, 0.2) is 0 Å². The van der Waals surface area contributed by atoms with E-state index < -0.39 is 0 Å². The number of piperazine rings is 1. The van der Waals surface area contributed by atoms with Crippen molar-refractivity contribution in [1.29, 1.82) is 0 Å². The second-order valence-electron chi connectivity index (χ2n) is 4.89. The fourth-order valence-corrected chi connectivity index (χ4v) is 1.93. The zero-order valence-electron chi connectivity index (χ0n) is 11.4. The second kappa shape index (κ2) is 5.30. The molecule has 1 aliphatic rings. The summed E-state index contributed by atoms with van der Waals surface area (Å²) in [5.74, 6) is 0.633. The van der Waals surface area contributed by atoms with Crippen LogP contribution in [0.25, 0.3) is 0 Å². The number of anilines is 1. The molecule has 1 aromatic rings. The molecule has 5 heteroatoms. The molecule has 19 heavy (non-hydrogen) atoms. The predicted molar refractivity (Wildman–Crippen MR) is 72.2 cm³/mol. The van der Waals surface area contributed by atoms with Crippen LogP contribution in [-0.4, -0.2) is 43.0 Å². The maximum absolute atomic E-state index is 11.9. The van der Waals surface area contributed by atoms with E-state index in [9.17, 15) is 9.59 Å². The van der Waals surface area contributed by atoms with Gasteiger partial charge in [-0.05, 0) is 38.1 Å². The Morgan fingerprint density at radius 3 is 2.26 bits per heavy atom. The van der Waals surface area contributed by atoms with Crippen LogP contribution in [0, 0.1) is 0 Å². The highest BCUT2D eigenvalue weighted by Gasteiger charge is 2.28. The van der Waals surface area contributed by atoms with Crippen LogP contribution in [0.2, 0.25) is 0 Å². The van der Waals surface area contributed by atoms with E-state index in [-0.39, 0.29) is 31.0 Å². The fourth-order valence-electron chi connectivity index (χ4n) is 1.93. The van der Waals surface area contributed by atoms with Gasteiger partial charge in [0.25, 0.3) is 0 Å². The Balaban J connectivity index is 2.13. The maximum Gasteiger partial charge on any atom is 0.247 e. The lowest BCUT2D eigenvalue weighted by Gasteiger charge is -2.31. The van der Waals surface area contributed by atoms with Crippen LogP contribution in [0.1, 0.15) is 13.8 Å². The number of carbonyl (C=O) groups excluding carboxylic acids is 2. The minimum Gasteiger partial charge on any atom is -0.491 e. The molecule has 1 fully saturated rings. The van der Waals surface area contributed by atoms with Crippen molar-refractivity contribution in [2.24, 2.45) is 0 Å². The van der Waals surface area contributed by atoms with Gasteiger partial charge < -0.3 is 14.5 Å². The van der Waals surface area contributed by atoms with E-state index in [1.54, 1.807) is 19.2 Å². The van der Waals surface area contributed by atoms with Gasteiger partial charge in [0.1, 0.15) is 12.3 Å². The zero-order valence-corrected chi connectivity index (χ0v) is 11.4. The number of benzene rings is 1. The Kier molecular flexibility index (Phi) is 3.74. The van der Waals surface area contributed by atoms with Gasteiger partial charge in [-0.2, -0.15) is 0 Å². The summed E-state index contributed by atoms with van der Waals surface area (Å²) in [6, 6.07) is 7.22. The first-order valence-corrected chi connectivity index (χ1v) is 6.28. The van der Waals surface area contributed by atoms with Gasteiger partial charge in [-0.3, -0.25) is 9.59 Å². The molecule has 0 N–H and O–H groups in total. The summed E-state index contributed by atoms with van der Waals surface area (Å²) in [4.78, 5) is 26.5. The maximum atomic E-state index is 11.9. The molecule has 2 rings (SSSR count). The summed E-state index contributed by atoms with van der Waals surface area (Å²) in [5, 5.41) is 0. The summed E-state index contributed by atoms with van der Waals surface area (Å²) in [7, 11) is 1.64. The van der Waals surface area contributed by atoms with Crippen molar-refractivity contribution >= 4 is 17.5 Å². The molecule has 0 saturated carbocycles. The van der Waals surface area contributed by atoms with Crippen LogP contribution < -0.4 is 9.64 Å². The first-order valence-electron chi connectivity index (χ1n) is 6.28. The van der Waals surface area contributed by atoms with Gasteiger partial charge >= 0.3 is 0 Å². The number of nitrogens with zero attached hydrogens (tertiary/aromatic N) is 2. The van der Waals surface area contributed by atoms with Crippen molar-refractivity contribution in [1.82, 2.24) is 4.90 Å². The van der Waals surface area contributed by atoms with Crippen LogP contribution in [0.5, 0.6) is 5.75 Å². The summed E-state index contributed by atoms with van der Waals surface area (Å²) >= 11 is 0. The Morgan fingerprint density at radius 2 is 1.68 bits per heavy atom. The van der Waals surface area contributed by atoms with Crippen LogP contribution in [-0.2, 0) is 9.59 Å². The molecule has 102 valence electrons. The normalized spacial score (nSPS) is 16.2. The number of rotatable bonds is 3. The lowest BCUT2D eigenvalue weighted by Crippen LogP contribution is -2.52. The summed E-state index contributed by atoms with van der Waals surface area (Å²) in [6.45, 7) is 4.13. The predicted octanol–water partition coefficient (Wildman–Crippen LogP) is 1.28. The van der Waals surface area contributed by atoms with E-state index in [2.05, 4.69) is 0 Å². The largest absolute Gasteiger partial charge is 0.491 e. The minimum absolute atomic E-state index is 0.0536. The Labute approximate surface area is 112 Å². The first kappa shape index (κ1) is 13.4. The van der Waals surface area contributed by atoms with E-state index in [0.717, 1.165) is 11.4 Å². The van der Waals surface area contributed by atoms with E-state index in [0.29, 0.717) is 0 Å². The molecule has 1 aliphatic heterocycles. The number of carbonyl (C=O) groups is 2. The van der Waals surface area contributed by atoms with Crippen molar-refractivity contribution in [3.8, 4) is 5.75 Å². The standard InChI is InChI=1S/C14H18N2O3/c1-10(2)19-12-6-4-11(5-7-12)16-9-13(17)15(3)8-14(16)18/h4-7,10H,8-9H2,1-3H3. The van der Waals surface area contributed by atoms with Crippen molar-refractivity contribution < 1.29 is 14.3 Å². The first-order chi connectivity index (χ1) is 8.97. The fraction of sp³-hybridized carbons (Fsp3) is 0.429. The molecule has 0 radical (unpaired) electrons. The van der Waals surface area contributed by atoms with Gasteiger partial charge in [-0.15, -0.1) is 0 Å². The molecular weight excluding hydrogens is 244 g/mol. The number of amides is 2. The molecule has 0 aromatic heterocycles. The molecule has 5 nitrogen and oxygen atoms in total. The highest BCUT2D eigenvalue weighted by atomic mass is 16.5. The van der Waals surface area contributed by atoms with Gasteiger partial charge in [-0.1, -0.05) is 0 Å². The number of likely N-dealkylation sites (N-methyl/N-ethyl adjacent to an activating group) is 1. The average molecular weight is 262 g/mol. The summed E-state index contributed by atoms with van der Waals surface area (Å²) in [5.41, 5.74) is 0.725. The topological polar surface area (TPSA) is 49.9 Å². The lowest BCUT2D eigenvalue weighted by molar-refractivity contribution is -0.136. The van der Waals surface area contributed by atoms with E-state index in [1.807, 2.05) is 26.0 Å². The molecule has 1 saturated heterocycles. The van der Waals surface area contributed by atoms with Crippen molar-refractivity contribution in [2.45, 2.75) is 20.0 Å². The zero-order chi connectivity index (χ0) is 14.0. The SMILES string of the molecule is CC(C)Oc1ccc(N2CC(=O)N(C)CC2=O)cc1. The van der Waals surface area contributed by atoms with Crippen LogP contribution in [0.4, 0.5) is 5.69 Å². The monoisotopic (exact) mass is 262 g/mol. The van der Waals surface area contributed by atoms with Crippen molar-refractivity contribution in [2.75, 3.05) is 25.0 Å². The molecule has 1 aromatic carbocycles. The van der Waals surface area contributed by atoms with E-state index >= 15 is 0 Å². The van der Waals surface area contributed by atoms with E-state index in [1.165, 1.54) is 9.80 Å². The van der Waals surface area contributed by atoms with Gasteiger partial charge in [0.05, 0.1) is 12.6 Å². The lowest BCUT2D eigenvalue weighted by atomic mass is 10.2. The molecule has 0 atom stereocenters. The second-order valence-corrected chi connectivity index (χ2v) is 4.89. The molecule has 2 amide bonds. The van der Waals surface area contributed by atoms with Crippen LogP contribution >= 0.6 is 0 Å². The summed E-state index contributed by atoms with van der Waals surface area (Å²) in [6.07, 6.45) is 0.109. The Bertz CT molecular complexity index is 482. The number of hydrogen-bond acceptors (Lipinski definition) is 3. The quantitative estimate of drug-likeness (QED) is 0.824. The highest BCUT2D eigenvalue weighted by Crippen LogP contribution is 2.22. The molecule has 0 aliphatic carbocycles. The van der Waals surface area contributed by atoms with Crippen LogP contribution in [0.15, 0.2) is 24.3 Å². The number of ether oxygens (including phenoxy) is 1. The highest BCUT2D eigenvalue weighted by molar-refractivity contribution is 6.04. The van der Waals surface area contributed by atoms with Gasteiger partial charge in [-0.25, -0.2) is 0 Å². The minimum atomic E-state index is -0.0698. The van der Waals surface area contributed by atoms with Gasteiger partial charge in [0, 0.05) is 12.7 Å². The molecule has 0 spiro atoms. The average Bonchev–Trinajstić information content (AvgIpc) is 2.34. The third-order valence-corrected chi connectivity index (χ3v) is 2.91.